The Bertz CT molecular complexity index is 725. The Morgan fingerprint density at radius 3 is 2.91 bits per heavy atom. The Morgan fingerprint density at radius 1 is 1.32 bits per heavy atom. The molecular formula is C16H17ClN2O3. The second-order valence-corrected chi connectivity index (χ2v) is 5.72. The van der Waals surface area contributed by atoms with Crippen molar-refractivity contribution in [2.45, 2.75) is 13.3 Å². The number of rotatable bonds is 2. The number of nitrogens with zero attached hydrogens (tertiary/aromatic N) is 2. The minimum atomic E-state index is -0.158. The highest BCUT2D eigenvalue weighted by molar-refractivity contribution is 6.35. The van der Waals surface area contributed by atoms with Crippen molar-refractivity contribution >= 4 is 34.4 Å². The van der Waals surface area contributed by atoms with Crippen LogP contribution in [0, 0.1) is 0 Å². The average molecular weight is 321 g/mol. The number of carbonyl (C=O) groups is 2. The highest BCUT2D eigenvalue weighted by Crippen LogP contribution is 2.28. The molecular weight excluding hydrogens is 304 g/mol. The zero-order valence-electron chi connectivity index (χ0n) is 12.3. The molecule has 6 heteroatoms. The third-order valence-corrected chi connectivity index (χ3v) is 4.30. The average Bonchev–Trinajstić information content (AvgIpc) is 2.92. The lowest BCUT2D eigenvalue weighted by molar-refractivity contribution is -0.130. The lowest BCUT2D eigenvalue weighted by Gasteiger charge is -2.21. The number of halogens is 1. The van der Waals surface area contributed by atoms with Crippen molar-refractivity contribution < 1.29 is 14.0 Å². The lowest BCUT2D eigenvalue weighted by Crippen LogP contribution is -2.39. The second kappa shape index (κ2) is 6.01. The summed E-state index contributed by atoms with van der Waals surface area (Å²) in [6.07, 6.45) is 2.30. The molecule has 22 heavy (non-hydrogen) atoms. The molecule has 0 N–H and O–H groups in total. The van der Waals surface area contributed by atoms with E-state index < -0.39 is 0 Å². The first kappa shape index (κ1) is 14.9. The van der Waals surface area contributed by atoms with E-state index >= 15 is 0 Å². The maximum Gasteiger partial charge on any atom is 0.255 e. The number of benzene rings is 1. The topological polar surface area (TPSA) is 53.8 Å². The molecule has 0 spiro atoms. The minimum absolute atomic E-state index is 0.00856. The number of furan rings is 1. The molecule has 2 heterocycles. The van der Waals surface area contributed by atoms with Crippen LogP contribution in [0.5, 0.6) is 0 Å². The van der Waals surface area contributed by atoms with Crippen molar-refractivity contribution in [1.29, 1.82) is 0 Å². The molecule has 0 radical (unpaired) electrons. The maximum atomic E-state index is 12.8. The lowest BCUT2D eigenvalue weighted by atomic mass is 10.1. The summed E-state index contributed by atoms with van der Waals surface area (Å²) in [6.45, 7) is 4.01. The van der Waals surface area contributed by atoms with Crippen LogP contribution in [0.1, 0.15) is 23.7 Å². The van der Waals surface area contributed by atoms with Gasteiger partial charge in [0.2, 0.25) is 5.91 Å². The zero-order valence-corrected chi connectivity index (χ0v) is 13.1. The Labute approximate surface area is 133 Å². The quantitative estimate of drug-likeness (QED) is 0.855. The first-order valence-electron chi connectivity index (χ1n) is 7.34. The van der Waals surface area contributed by atoms with E-state index in [9.17, 15) is 9.59 Å². The van der Waals surface area contributed by atoms with Gasteiger partial charge in [0, 0.05) is 25.0 Å². The largest absolute Gasteiger partial charge is 0.463 e. The van der Waals surface area contributed by atoms with Gasteiger partial charge in [-0.25, -0.2) is 0 Å². The number of fused-ring (bicyclic) bond motifs is 1. The molecule has 1 aromatic heterocycles. The van der Waals surface area contributed by atoms with Gasteiger partial charge in [-0.05, 0) is 31.5 Å². The van der Waals surface area contributed by atoms with Crippen LogP contribution in [0.25, 0.3) is 11.0 Å². The summed E-state index contributed by atoms with van der Waals surface area (Å²) in [6, 6.07) is 5.07. The van der Waals surface area contributed by atoms with Crippen molar-refractivity contribution in [3.63, 3.8) is 0 Å². The molecule has 3 rings (SSSR count). The Morgan fingerprint density at radius 2 is 2.14 bits per heavy atom. The van der Waals surface area contributed by atoms with E-state index in [-0.39, 0.29) is 18.4 Å². The molecule has 1 saturated heterocycles. The van der Waals surface area contributed by atoms with Crippen molar-refractivity contribution in [1.82, 2.24) is 9.80 Å². The Balaban J connectivity index is 1.91. The van der Waals surface area contributed by atoms with E-state index in [1.54, 1.807) is 28.0 Å². The number of likely N-dealkylation sites (N-methyl/N-ethyl adjacent to an activating group) is 1. The first-order chi connectivity index (χ1) is 10.6. The molecule has 2 amide bonds. The van der Waals surface area contributed by atoms with Gasteiger partial charge in [-0.1, -0.05) is 11.6 Å². The van der Waals surface area contributed by atoms with Crippen LogP contribution in [0.4, 0.5) is 0 Å². The number of hydrogen-bond acceptors (Lipinski definition) is 3. The fraction of sp³-hybridized carbons (Fsp3) is 0.375. The molecule has 1 fully saturated rings. The monoisotopic (exact) mass is 320 g/mol. The van der Waals surface area contributed by atoms with Crippen molar-refractivity contribution in [2.24, 2.45) is 0 Å². The van der Waals surface area contributed by atoms with Crippen molar-refractivity contribution in [3.05, 3.63) is 35.0 Å². The van der Waals surface area contributed by atoms with Crippen LogP contribution in [0.15, 0.2) is 28.9 Å². The van der Waals surface area contributed by atoms with Gasteiger partial charge in [0.05, 0.1) is 16.8 Å². The summed E-state index contributed by atoms with van der Waals surface area (Å²) in [7, 11) is 0. The van der Waals surface area contributed by atoms with E-state index in [0.29, 0.717) is 41.2 Å². The minimum Gasteiger partial charge on any atom is -0.463 e. The normalized spacial score (nSPS) is 16.2. The molecule has 0 aliphatic carbocycles. The standard InChI is InChI=1S/C16H17ClN2O3/c1-2-18-7-3-8-19(10-14(18)20)16(21)12-4-5-13(17)15-11(12)6-9-22-15/h4-6,9H,2-3,7-8,10H2,1H3. The van der Waals surface area contributed by atoms with Gasteiger partial charge in [-0.2, -0.15) is 0 Å². The molecule has 1 aromatic carbocycles. The van der Waals surface area contributed by atoms with Crippen molar-refractivity contribution in [3.8, 4) is 0 Å². The van der Waals surface area contributed by atoms with Crippen LogP contribution in [-0.4, -0.2) is 47.8 Å². The van der Waals surface area contributed by atoms with Gasteiger partial charge in [0.1, 0.15) is 6.54 Å². The number of hydrogen-bond donors (Lipinski definition) is 0. The Hall–Kier alpha value is -2.01. The van der Waals surface area contributed by atoms with E-state index in [1.807, 2.05) is 6.92 Å². The second-order valence-electron chi connectivity index (χ2n) is 5.31. The molecule has 116 valence electrons. The molecule has 0 atom stereocenters. The fourth-order valence-corrected chi connectivity index (χ4v) is 3.02. The molecule has 0 saturated carbocycles. The summed E-state index contributed by atoms with van der Waals surface area (Å²) >= 11 is 6.07. The number of amides is 2. The van der Waals surface area contributed by atoms with Gasteiger partial charge < -0.3 is 14.2 Å². The third-order valence-electron chi connectivity index (χ3n) is 4.00. The summed E-state index contributed by atoms with van der Waals surface area (Å²) in [5.74, 6) is -0.167. The summed E-state index contributed by atoms with van der Waals surface area (Å²) in [4.78, 5) is 28.3. The SMILES string of the molecule is CCN1CCCN(C(=O)c2ccc(Cl)c3occc23)CC1=O. The first-order valence-corrected chi connectivity index (χ1v) is 7.72. The predicted octanol–water partition coefficient (Wildman–Crippen LogP) is 2.78. The molecule has 1 aliphatic heterocycles. The maximum absolute atomic E-state index is 12.8. The van der Waals surface area contributed by atoms with Crippen LogP contribution in [0.2, 0.25) is 5.02 Å². The molecule has 0 bridgehead atoms. The van der Waals surface area contributed by atoms with E-state index in [1.165, 1.54) is 6.26 Å². The van der Waals surface area contributed by atoms with Crippen LogP contribution in [-0.2, 0) is 4.79 Å². The highest BCUT2D eigenvalue weighted by Gasteiger charge is 2.26. The van der Waals surface area contributed by atoms with Crippen LogP contribution >= 0.6 is 11.6 Å². The van der Waals surface area contributed by atoms with Gasteiger partial charge >= 0.3 is 0 Å². The van der Waals surface area contributed by atoms with Crippen LogP contribution < -0.4 is 0 Å². The zero-order chi connectivity index (χ0) is 15.7. The predicted molar refractivity (Wildman–Crippen MR) is 84.0 cm³/mol. The summed E-state index contributed by atoms with van der Waals surface area (Å²) in [5, 5.41) is 1.15. The molecule has 0 unspecified atom stereocenters. The van der Waals surface area contributed by atoms with E-state index in [0.717, 1.165) is 6.42 Å². The van der Waals surface area contributed by atoms with Gasteiger partial charge in [-0.3, -0.25) is 9.59 Å². The third kappa shape index (κ3) is 2.57. The summed E-state index contributed by atoms with van der Waals surface area (Å²) in [5.41, 5.74) is 1.02. The molecule has 1 aliphatic rings. The van der Waals surface area contributed by atoms with E-state index in [2.05, 4.69) is 0 Å². The summed E-state index contributed by atoms with van der Waals surface area (Å²) < 4.78 is 5.33. The number of carbonyl (C=O) groups excluding carboxylic acids is 2. The fourth-order valence-electron chi connectivity index (χ4n) is 2.81. The van der Waals surface area contributed by atoms with Crippen LogP contribution in [0.3, 0.4) is 0 Å². The van der Waals surface area contributed by atoms with Gasteiger partial charge in [0.15, 0.2) is 5.58 Å². The van der Waals surface area contributed by atoms with E-state index in [4.69, 9.17) is 16.0 Å². The highest BCUT2D eigenvalue weighted by atomic mass is 35.5. The Kier molecular flexibility index (Phi) is 4.07. The molecule has 5 nitrogen and oxygen atoms in total. The van der Waals surface area contributed by atoms with Gasteiger partial charge in [-0.15, -0.1) is 0 Å². The smallest absolute Gasteiger partial charge is 0.255 e. The molecule has 2 aromatic rings. The van der Waals surface area contributed by atoms with Gasteiger partial charge in [0.25, 0.3) is 5.91 Å². The van der Waals surface area contributed by atoms with Crippen molar-refractivity contribution in [2.75, 3.05) is 26.2 Å².